The van der Waals surface area contributed by atoms with Crippen molar-refractivity contribution in [2.75, 3.05) is 20.1 Å². The molecule has 114 valence electrons. The summed E-state index contributed by atoms with van der Waals surface area (Å²) < 4.78 is 0. The van der Waals surface area contributed by atoms with E-state index >= 15 is 0 Å². The molecule has 0 bridgehead atoms. The van der Waals surface area contributed by atoms with Gasteiger partial charge in [-0.15, -0.1) is 0 Å². The maximum Gasteiger partial charge on any atom is 0.0451 e. The SMILES string of the molecule is CC(C)CCC(C)NCCN(C)Cc1ccccc1Cl. The minimum atomic E-state index is 0.603. The lowest BCUT2D eigenvalue weighted by atomic mass is 10.0. The molecular weight excluding hydrogens is 268 g/mol. The van der Waals surface area contributed by atoms with E-state index in [2.05, 4.69) is 44.1 Å². The van der Waals surface area contributed by atoms with Crippen molar-refractivity contribution in [3.05, 3.63) is 34.9 Å². The fourth-order valence-electron chi connectivity index (χ4n) is 2.18. The van der Waals surface area contributed by atoms with Crippen LogP contribution in [0.15, 0.2) is 24.3 Å². The molecule has 20 heavy (non-hydrogen) atoms. The van der Waals surface area contributed by atoms with Crippen LogP contribution in [0.3, 0.4) is 0 Å². The maximum absolute atomic E-state index is 6.18. The van der Waals surface area contributed by atoms with Gasteiger partial charge in [-0.2, -0.15) is 0 Å². The minimum absolute atomic E-state index is 0.603. The van der Waals surface area contributed by atoms with Gasteiger partial charge in [-0.25, -0.2) is 0 Å². The van der Waals surface area contributed by atoms with Crippen LogP contribution in [-0.4, -0.2) is 31.1 Å². The van der Waals surface area contributed by atoms with Crippen molar-refractivity contribution in [3.8, 4) is 0 Å². The topological polar surface area (TPSA) is 15.3 Å². The fraction of sp³-hybridized carbons (Fsp3) is 0.647. The average molecular weight is 297 g/mol. The number of benzene rings is 1. The first kappa shape index (κ1) is 17.5. The van der Waals surface area contributed by atoms with E-state index in [1.54, 1.807) is 0 Å². The molecule has 0 spiro atoms. The van der Waals surface area contributed by atoms with E-state index in [-0.39, 0.29) is 0 Å². The summed E-state index contributed by atoms with van der Waals surface area (Å²) >= 11 is 6.18. The van der Waals surface area contributed by atoms with Gasteiger partial charge in [0.15, 0.2) is 0 Å². The predicted octanol–water partition coefficient (Wildman–Crippen LogP) is 4.19. The molecule has 0 saturated carbocycles. The Hall–Kier alpha value is -0.570. The summed E-state index contributed by atoms with van der Waals surface area (Å²) in [6, 6.07) is 8.67. The number of nitrogens with one attached hydrogen (secondary N) is 1. The molecule has 0 fully saturated rings. The zero-order valence-corrected chi connectivity index (χ0v) is 14.1. The number of halogens is 1. The van der Waals surface area contributed by atoms with Crippen LogP contribution in [-0.2, 0) is 6.54 Å². The van der Waals surface area contributed by atoms with Crippen molar-refractivity contribution < 1.29 is 0 Å². The molecule has 1 atom stereocenters. The molecule has 1 unspecified atom stereocenters. The summed E-state index contributed by atoms with van der Waals surface area (Å²) in [5, 5.41) is 4.45. The van der Waals surface area contributed by atoms with Crippen LogP contribution in [0.25, 0.3) is 0 Å². The highest BCUT2D eigenvalue weighted by Crippen LogP contribution is 2.16. The maximum atomic E-state index is 6.18. The molecule has 0 aliphatic heterocycles. The van der Waals surface area contributed by atoms with Gasteiger partial charge < -0.3 is 10.2 Å². The third-order valence-corrected chi connectivity index (χ3v) is 3.93. The van der Waals surface area contributed by atoms with Gasteiger partial charge in [-0.05, 0) is 44.4 Å². The first-order valence-corrected chi connectivity index (χ1v) is 8.02. The van der Waals surface area contributed by atoms with E-state index in [4.69, 9.17) is 11.6 Å². The second kappa shape index (κ2) is 9.38. The number of likely N-dealkylation sites (N-methyl/N-ethyl adjacent to an activating group) is 1. The third-order valence-electron chi connectivity index (χ3n) is 3.56. The largest absolute Gasteiger partial charge is 0.313 e. The Morgan fingerprint density at radius 1 is 1.15 bits per heavy atom. The molecule has 0 radical (unpaired) electrons. The zero-order chi connectivity index (χ0) is 15.0. The number of nitrogens with zero attached hydrogens (tertiary/aromatic N) is 1. The van der Waals surface area contributed by atoms with Gasteiger partial charge in [0, 0.05) is 30.7 Å². The molecule has 3 heteroatoms. The smallest absolute Gasteiger partial charge is 0.0451 e. The van der Waals surface area contributed by atoms with E-state index in [0.717, 1.165) is 30.6 Å². The fourth-order valence-corrected chi connectivity index (χ4v) is 2.38. The third kappa shape index (κ3) is 7.28. The Labute approximate surface area is 129 Å². The molecule has 0 aliphatic rings. The van der Waals surface area contributed by atoms with Crippen molar-refractivity contribution in [2.24, 2.45) is 5.92 Å². The normalized spacial score (nSPS) is 13.2. The molecule has 0 saturated heterocycles. The molecule has 1 aromatic carbocycles. The highest BCUT2D eigenvalue weighted by atomic mass is 35.5. The molecule has 1 rings (SSSR count). The summed E-state index contributed by atoms with van der Waals surface area (Å²) in [4.78, 5) is 2.31. The molecule has 1 N–H and O–H groups in total. The molecule has 0 heterocycles. The zero-order valence-electron chi connectivity index (χ0n) is 13.3. The average Bonchev–Trinajstić information content (AvgIpc) is 2.39. The van der Waals surface area contributed by atoms with Crippen molar-refractivity contribution in [1.82, 2.24) is 10.2 Å². The van der Waals surface area contributed by atoms with Gasteiger partial charge in [-0.1, -0.05) is 43.6 Å². The van der Waals surface area contributed by atoms with Gasteiger partial charge in [-0.3, -0.25) is 0 Å². The predicted molar refractivity (Wildman–Crippen MR) is 89.3 cm³/mol. The highest BCUT2D eigenvalue weighted by molar-refractivity contribution is 6.31. The summed E-state index contributed by atoms with van der Waals surface area (Å²) in [5.74, 6) is 0.794. The second-order valence-electron chi connectivity index (χ2n) is 6.16. The highest BCUT2D eigenvalue weighted by Gasteiger charge is 2.06. The van der Waals surface area contributed by atoms with Crippen molar-refractivity contribution in [1.29, 1.82) is 0 Å². The molecule has 2 nitrogen and oxygen atoms in total. The van der Waals surface area contributed by atoms with Crippen LogP contribution in [0.1, 0.15) is 39.2 Å². The van der Waals surface area contributed by atoms with E-state index in [1.165, 1.54) is 18.4 Å². The van der Waals surface area contributed by atoms with E-state index < -0.39 is 0 Å². The van der Waals surface area contributed by atoms with Crippen molar-refractivity contribution in [2.45, 2.75) is 46.2 Å². The van der Waals surface area contributed by atoms with Gasteiger partial charge in [0.05, 0.1) is 0 Å². The molecule has 1 aromatic rings. The van der Waals surface area contributed by atoms with E-state index in [0.29, 0.717) is 6.04 Å². The van der Waals surface area contributed by atoms with E-state index in [1.807, 2.05) is 18.2 Å². The quantitative estimate of drug-likeness (QED) is 0.735. The molecule has 0 aliphatic carbocycles. The Kier molecular flexibility index (Phi) is 8.20. The standard InChI is InChI=1S/C17H29ClN2/c1-14(2)9-10-15(3)19-11-12-20(4)13-16-7-5-6-8-17(16)18/h5-8,14-15,19H,9-13H2,1-4H3. The van der Waals surface area contributed by atoms with Crippen molar-refractivity contribution in [3.63, 3.8) is 0 Å². The van der Waals surface area contributed by atoms with Crippen LogP contribution in [0.5, 0.6) is 0 Å². The number of hydrogen-bond acceptors (Lipinski definition) is 2. The van der Waals surface area contributed by atoms with Gasteiger partial charge in [0.25, 0.3) is 0 Å². The van der Waals surface area contributed by atoms with Crippen molar-refractivity contribution >= 4 is 11.6 Å². The Morgan fingerprint density at radius 2 is 1.85 bits per heavy atom. The Morgan fingerprint density at radius 3 is 2.50 bits per heavy atom. The molecular formula is C17H29ClN2. The number of hydrogen-bond donors (Lipinski definition) is 1. The van der Waals surface area contributed by atoms with Crippen LogP contribution in [0, 0.1) is 5.92 Å². The van der Waals surface area contributed by atoms with Crippen LogP contribution >= 0.6 is 11.6 Å². The van der Waals surface area contributed by atoms with Gasteiger partial charge in [0.1, 0.15) is 0 Å². The van der Waals surface area contributed by atoms with E-state index in [9.17, 15) is 0 Å². The monoisotopic (exact) mass is 296 g/mol. The second-order valence-corrected chi connectivity index (χ2v) is 6.56. The van der Waals surface area contributed by atoms with Gasteiger partial charge in [0.2, 0.25) is 0 Å². The first-order chi connectivity index (χ1) is 9.49. The summed E-state index contributed by atoms with van der Waals surface area (Å²) in [6.07, 6.45) is 2.55. The molecule has 0 aromatic heterocycles. The van der Waals surface area contributed by atoms with Gasteiger partial charge >= 0.3 is 0 Å². The summed E-state index contributed by atoms with van der Waals surface area (Å²) in [7, 11) is 2.14. The summed E-state index contributed by atoms with van der Waals surface area (Å²) in [6.45, 7) is 9.81. The Bertz CT molecular complexity index is 379. The first-order valence-electron chi connectivity index (χ1n) is 7.64. The van der Waals surface area contributed by atoms with Crippen LogP contribution < -0.4 is 5.32 Å². The minimum Gasteiger partial charge on any atom is -0.313 e. The number of rotatable bonds is 9. The lowest BCUT2D eigenvalue weighted by Gasteiger charge is -2.20. The summed E-state index contributed by atoms with van der Waals surface area (Å²) in [5.41, 5.74) is 1.20. The lowest BCUT2D eigenvalue weighted by molar-refractivity contribution is 0.314. The lowest BCUT2D eigenvalue weighted by Crippen LogP contribution is -2.34. The molecule has 0 amide bonds. The van der Waals surface area contributed by atoms with Crippen LogP contribution in [0.4, 0.5) is 0 Å². The Balaban J connectivity index is 2.20. The van der Waals surface area contributed by atoms with Crippen LogP contribution in [0.2, 0.25) is 5.02 Å².